The minimum atomic E-state index is -1.65. The summed E-state index contributed by atoms with van der Waals surface area (Å²) >= 11 is 0. The average Bonchev–Trinajstić information content (AvgIpc) is 2.69. The van der Waals surface area contributed by atoms with E-state index in [2.05, 4.69) is 9.97 Å². The number of carbonyl (C=O) groups excluding carboxylic acids is 1. The van der Waals surface area contributed by atoms with Crippen LogP contribution in [0.25, 0.3) is 0 Å². The van der Waals surface area contributed by atoms with Crippen molar-refractivity contribution < 1.29 is 23.8 Å². The molecule has 0 aliphatic rings. The summed E-state index contributed by atoms with van der Waals surface area (Å²) < 4.78 is 25.1. The lowest BCUT2D eigenvalue weighted by Gasteiger charge is -2.40. The summed E-state index contributed by atoms with van der Waals surface area (Å²) in [5, 5.41) is 12.2. The summed E-state index contributed by atoms with van der Waals surface area (Å²) in [5.74, 6) is -1.99. The minimum Gasteiger partial charge on any atom is -0.546 e. The first kappa shape index (κ1) is 20.4. The normalized spacial score (nSPS) is 14.1. The number of rotatable bonds is 7. The Hall–Kier alpha value is -3.32. The maximum Gasteiger partial charge on any atom is 0.317 e. The number of halogens is 1. The number of aromatic nitrogens is 2. The first-order valence-electron chi connectivity index (χ1n) is 8.93. The number of hydrogen-bond donors (Lipinski definition) is 0. The molecule has 0 fully saturated rings. The van der Waals surface area contributed by atoms with Gasteiger partial charge in [-0.1, -0.05) is 42.5 Å². The van der Waals surface area contributed by atoms with E-state index in [4.69, 9.17) is 9.47 Å². The van der Waals surface area contributed by atoms with Crippen LogP contribution in [0.3, 0.4) is 0 Å². The molecular formula is C22H20FN2O4-. The molecule has 7 heteroatoms. The molecule has 0 N–H and O–H groups in total. The van der Waals surface area contributed by atoms with Crippen molar-refractivity contribution in [3.63, 3.8) is 0 Å². The smallest absolute Gasteiger partial charge is 0.317 e. The van der Waals surface area contributed by atoms with Gasteiger partial charge in [0.2, 0.25) is 0 Å². The zero-order valence-corrected chi connectivity index (χ0v) is 16.3. The van der Waals surface area contributed by atoms with E-state index in [-0.39, 0.29) is 6.01 Å². The van der Waals surface area contributed by atoms with Gasteiger partial charge in [-0.25, -0.2) is 14.4 Å². The molecule has 150 valence electrons. The molecule has 1 aromatic heterocycles. The molecule has 2 aromatic carbocycles. The number of carbonyl (C=O) groups is 1. The van der Waals surface area contributed by atoms with Crippen LogP contribution in [-0.2, 0) is 15.1 Å². The topological polar surface area (TPSA) is 84.4 Å². The fourth-order valence-electron chi connectivity index (χ4n) is 3.34. The lowest BCUT2D eigenvalue weighted by Crippen LogP contribution is -2.55. The molecule has 3 aromatic rings. The molecule has 0 amide bonds. The number of hydrogen-bond acceptors (Lipinski definition) is 6. The second-order valence-electron chi connectivity index (χ2n) is 6.56. The first-order valence-corrected chi connectivity index (χ1v) is 8.93. The Morgan fingerprint density at radius 3 is 2.07 bits per heavy atom. The Bertz CT molecular complexity index is 975. The predicted molar refractivity (Wildman–Crippen MR) is 102 cm³/mol. The predicted octanol–water partition coefficient (Wildman–Crippen LogP) is 2.32. The van der Waals surface area contributed by atoms with E-state index in [1.54, 1.807) is 50.2 Å². The molecule has 0 saturated heterocycles. The lowest BCUT2D eigenvalue weighted by molar-refractivity contribution is -0.320. The van der Waals surface area contributed by atoms with Gasteiger partial charge in [-0.3, -0.25) is 0 Å². The highest BCUT2D eigenvalue weighted by Gasteiger charge is 2.46. The summed E-state index contributed by atoms with van der Waals surface area (Å²) in [4.78, 5) is 20.6. The fraction of sp³-hybridized carbons (Fsp3) is 0.227. The zero-order chi connectivity index (χ0) is 21.0. The molecule has 0 radical (unpaired) electrons. The van der Waals surface area contributed by atoms with E-state index in [0.717, 1.165) is 0 Å². The Morgan fingerprint density at radius 2 is 1.55 bits per heavy atom. The third kappa shape index (κ3) is 4.09. The van der Waals surface area contributed by atoms with Crippen molar-refractivity contribution in [2.75, 3.05) is 7.11 Å². The van der Waals surface area contributed by atoms with Gasteiger partial charge < -0.3 is 19.4 Å². The van der Waals surface area contributed by atoms with Crippen LogP contribution >= 0.6 is 0 Å². The van der Waals surface area contributed by atoms with Gasteiger partial charge in [0, 0.05) is 18.5 Å². The molecule has 0 saturated carbocycles. The molecule has 0 aliphatic carbocycles. The molecular weight excluding hydrogens is 375 g/mol. The first-order chi connectivity index (χ1) is 13.9. The molecule has 2 atom stereocenters. The van der Waals surface area contributed by atoms with Crippen LogP contribution in [0.4, 0.5) is 4.39 Å². The average molecular weight is 395 g/mol. The van der Waals surface area contributed by atoms with E-state index >= 15 is 0 Å². The highest BCUT2D eigenvalue weighted by molar-refractivity contribution is 5.74. The molecule has 29 heavy (non-hydrogen) atoms. The van der Waals surface area contributed by atoms with E-state index in [9.17, 15) is 14.3 Å². The van der Waals surface area contributed by atoms with Crippen molar-refractivity contribution in [2.24, 2.45) is 0 Å². The molecule has 0 bridgehead atoms. The highest BCUT2D eigenvalue weighted by Crippen LogP contribution is 2.38. The molecule has 1 heterocycles. The summed E-state index contributed by atoms with van der Waals surface area (Å²) in [5.41, 5.74) is 0.483. The van der Waals surface area contributed by atoms with Gasteiger partial charge in [-0.15, -0.1) is 0 Å². The van der Waals surface area contributed by atoms with Crippen molar-refractivity contribution in [1.29, 1.82) is 0 Å². The van der Waals surface area contributed by atoms with E-state index in [1.165, 1.54) is 31.4 Å². The monoisotopic (exact) mass is 395 g/mol. The molecule has 0 unspecified atom stereocenters. The quantitative estimate of drug-likeness (QED) is 0.610. The Morgan fingerprint density at radius 1 is 1.00 bits per heavy atom. The number of nitrogens with zero attached hydrogens (tertiary/aromatic N) is 2. The van der Waals surface area contributed by atoms with Gasteiger partial charge in [0.15, 0.2) is 11.7 Å². The third-order valence-electron chi connectivity index (χ3n) is 4.57. The number of carboxylic acid groups (broad SMARTS) is 1. The van der Waals surface area contributed by atoms with Crippen LogP contribution in [0.5, 0.6) is 6.01 Å². The highest BCUT2D eigenvalue weighted by atomic mass is 19.1. The van der Waals surface area contributed by atoms with Crippen molar-refractivity contribution >= 4 is 5.97 Å². The van der Waals surface area contributed by atoms with Crippen LogP contribution in [-0.4, -0.2) is 29.2 Å². The van der Waals surface area contributed by atoms with Crippen LogP contribution < -0.4 is 9.84 Å². The van der Waals surface area contributed by atoms with Gasteiger partial charge in [0.25, 0.3) is 0 Å². The summed E-state index contributed by atoms with van der Waals surface area (Å²) in [7, 11) is 1.36. The number of methoxy groups -OCH3 is 1. The maximum absolute atomic E-state index is 13.6. The Kier molecular flexibility index (Phi) is 5.89. The van der Waals surface area contributed by atoms with Crippen LogP contribution in [0, 0.1) is 19.7 Å². The maximum atomic E-state index is 13.6. The summed E-state index contributed by atoms with van der Waals surface area (Å²) in [6, 6.07) is 15.7. The van der Waals surface area contributed by atoms with Gasteiger partial charge >= 0.3 is 6.01 Å². The molecule has 3 rings (SSSR count). The van der Waals surface area contributed by atoms with Gasteiger partial charge in [-0.2, -0.15) is 0 Å². The Labute approximate surface area is 168 Å². The molecule has 0 spiro atoms. The minimum absolute atomic E-state index is 0.115. The van der Waals surface area contributed by atoms with Crippen molar-refractivity contribution in [1.82, 2.24) is 9.97 Å². The molecule has 0 aliphatic heterocycles. The summed E-state index contributed by atoms with van der Waals surface area (Å²) in [6.45, 7) is 3.49. The van der Waals surface area contributed by atoms with Gasteiger partial charge in [0.05, 0.1) is 5.97 Å². The van der Waals surface area contributed by atoms with E-state index < -0.39 is 23.5 Å². The van der Waals surface area contributed by atoms with Crippen LogP contribution in [0.1, 0.15) is 22.5 Å². The standard InChI is InChI=1S/C22H21FN2O4/c1-14-13-15(2)25-21(24-14)29-19(20(26)27)22(28-3,16-7-5-4-6-8-16)17-9-11-18(23)12-10-17/h4-13,19H,1-3H3,(H,26,27)/p-1/t19-,22+/m1/s1. The molecule has 6 nitrogen and oxygen atoms in total. The van der Waals surface area contributed by atoms with Crippen LogP contribution in [0.2, 0.25) is 0 Å². The van der Waals surface area contributed by atoms with Crippen LogP contribution in [0.15, 0.2) is 60.7 Å². The van der Waals surface area contributed by atoms with Gasteiger partial charge in [-0.05, 0) is 43.2 Å². The van der Waals surface area contributed by atoms with Crippen molar-refractivity contribution in [3.05, 3.63) is 89.0 Å². The number of carboxylic acids is 1. The van der Waals surface area contributed by atoms with Crippen molar-refractivity contribution in [3.8, 4) is 6.01 Å². The van der Waals surface area contributed by atoms with Crippen molar-refractivity contribution in [2.45, 2.75) is 25.6 Å². The Balaban J connectivity index is 2.21. The largest absolute Gasteiger partial charge is 0.546 e. The van der Waals surface area contributed by atoms with Gasteiger partial charge in [0.1, 0.15) is 5.82 Å². The van der Waals surface area contributed by atoms with E-state index in [0.29, 0.717) is 22.5 Å². The van der Waals surface area contributed by atoms with E-state index in [1.807, 2.05) is 0 Å². The lowest BCUT2D eigenvalue weighted by atomic mass is 9.81. The SMILES string of the molecule is CO[C@@](c1ccccc1)(c1ccc(F)cc1)[C@H](Oc1nc(C)cc(C)n1)C(=O)[O-]. The number of aryl methyl sites for hydroxylation is 2. The third-order valence-corrected chi connectivity index (χ3v) is 4.57. The zero-order valence-electron chi connectivity index (χ0n) is 16.3. The number of benzene rings is 2. The fourth-order valence-corrected chi connectivity index (χ4v) is 3.34. The number of ether oxygens (including phenoxy) is 2. The second kappa shape index (κ2) is 8.36. The second-order valence-corrected chi connectivity index (χ2v) is 6.56. The number of aliphatic carboxylic acids is 1. The summed E-state index contributed by atoms with van der Waals surface area (Å²) in [6.07, 6.45) is -1.65.